The number of anilines is 1. The average molecular weight is 269 g/mol. The molecule has 1 saturated heterocycles. The Kier molecular flexibility index (Phi) is 5.97. The summed E-state index contributed by atoms with van der Waals surface area (Å²) in [7, 11) is 2.22. The molecular weight excluding hydrogens is 244 g/mol. The van der Waals surface area contributed by atoms with Crippen molar-refractivity contribution in [3.05, 3.63) is 29.3 Å². The summed E-state index contributed by atoms with van der Waals surface area (Å²) in [5, 5.41) is 3.43. The molecule has 18 heavy (non-hydrogen) atoms. The van der Waals surface area contributed by atoms with E-state index in [2.05, 4.69) is 49.3 Å². The summed E-state index contributed by atoms with van der Waals surface area (Å²) in [5.41, 5.74) is 4.08. The Labute approximate surface area is 117 Å². The van der Waals surface area contributed by atoms with E-state index in [0.717, 1.165) is 5.92 Å². The lowest BCUT2D eigenvalue weighted by molar-refractivity contribution is 0.378. The maximum atomic E-state index is 3.43. The van der Waals surface area contributed by atoms with Gasteiger partial charge in [-0.3, -0.25) is 0 Å². The minimum Gasteiger partial charge on any atom is -0.374 e. The fourth-order valence-electron chi connectivity index (χ4n) is 2.73. The van der Waals surface area contributed by atoms with Crippen LogP contribution in [0.15, 0.2) is 18.2 Å². The number of hydrogen-bond acceptors (Lipinski definition) is 2. The van der Waals surface area contributed by atoms with E-state index >= 15 is 0 Å². The standard InChI is InChI=1S/C15H24N2.ClH/c1-12-8-13(2)10-15(9-12)17(3)11-14-4-6-16-7-5-14;/h8-10,14,16H,4-7,11H2,1-3H3;1H. The van der Waals surface area contributed by atoms with Crippen molar-refractivity contribution in [3.8, 4) is 0 Å². The molecule has 0 aliphatic carbocycles. The monoisotopic (exact) mass is 268 g/mol. The van der Waals surface area contributed by atoms with Crippen LogP contribution in [0.3, 0.4) is 0 Å². The Morgan fingerprint density at radius 1 is 1.11 bits per heavy atom. The maximum absolute atomic E-state index is 3.43. The van der Waals surface area contributed by atoms with Gasteiger partial charge in [0.05, 0.1) is 0 Å². The fraction of sp³-hybridized carbons (Fsp3) is 0.600. The molecule has 0 aromatic heterocycles. The number of hydrogen-bond donors (Lipinski definition) is 1. The molecule has 1 N–H and O–H groups in total. The predicted octanol–water partition coefficient (Wildman–Crippen LogP) is 3.16. The third-order valence-corrected chi connectivity index (χ3v) is 3.64. The lowest BCUT2D eigenvalue weighted by atomic mass is 9.97. The Morgan fingerprint density at radius 2 is 1.67 bits per heavy atom. The summed E-state index contributed by atoms with van der Waals surface area (Å²) in [6, 6.07) is 6.81. The molecule has 0 spiro atoms. The van der Waals surface area contributed by atoms with Crippen LogP contribution in [0.2, 0.25) is 0 Å². The highest BCUT2D eigenvalue weighted by Gasteiger charge is 2.15. The molecule has 1 heterocycles. The summed E-state index contributed by atoms with van der Waals surface area (Å²) >= 11 is 0. The molecule has 2 rings (SSSR count). The van der Waals surface area contributed by atoms with E-state index in [1.807, 2.05) is 0 Å². The molecule has 3 heteroatoms. The molecule has 1 aliphatic rings. The van der Waals surface area contributed by atoms with Crippen LogP contribution in [0.1, 0.15) is 24.0 Å². The molecule has 0 atom stereocenters. The van der Waals surface area contributed by atoms with Crippen molar-refractivity contribution < 1.29 is 0 Å². The van der Waals surface area contributed by atoms with E-state index in [4.69, 9.17) is 0 Å². The number of benzene rings is 1. The van der Waals surface area contributed by atoms with Crippen LogP contribution in [0.5, 0.6) is 0 Å². The van der Waals surface area contributed by atoms with Gasteiger partial charge < -0.3 is 10.2 Å². The molecule has 0 radical (unpaired) electrons. The van der Waals surface area contributed by atoms with Gasteiger partial charge in [-0.2, -0.15) is 0 Å². The quantitative estimate of drug-likeness (QED) is 0.906. The van der Waals surface area contributed by atoms with Crippen molar-refractivity contribution in [2.45, 2.75) is 26.7 Å². The summed E-state index contributed by atoms with van der Waals surface area (Å²) < 4.78 is 0. The van der Waals surface area contributed by atoms with Crippen LogP contribution in [0.4, 0.5) is 5.69 Å². The van der Waals surface area contributed by atoms with Crippen LogP contribution >= 0.6 is 12.4 Å². The van der Waals surface area contributed by atoms with E-state index in [-0.39, 0.29) is 12.4 Å². The second kappa shape index (κ2) is 7.01. The van der Waals surface area contributed by atoms with Crippen molar-refractivity contribution in [1.82, 2.24) is 5.32 Å². The first-order valence-electron chi connectivity index (χ1n) is 6.65. The van der Waals surface area contributed by atoms with Gasteiger partial charge >= 0.3 is 0 Å². The van der Waals surface area contributed by atoms with Crippen LogP contribution in [0, 0.1) is 19.8 Å². The van der Waals surface area contributed by atoms with Gasteiger partial charge in [0, 0.05) is 19.3 Å². The minimum absolute atomic E-state index is 0. The summed E-state index contributed by atoms with van der Waals surface area (Å²) in [6.07, 6.45) is 2.63. The Bertz CT molecular complexity index is 353. The highest BCUT2D eigenvalue weighted by atomic mass is 35.5. The van der Waals surface area contributed by atoms with Gasteiger partial charge in [-0.1, -0.05) is 6.07 Å². The largest absolute Gasteiger partial charge is 0.374 e. The summed E-state index contributed by atoms with van der Waals surface area (Å²) in [6.45, 7) is 7.91. The van der Waals surface area contributed by atoms with Crippen molar-refractivity contribution in [2.24, 2.45) is 5.92 Å². The van der Waals surface area contributed by atoms with E-state index in [0.29, 0.717) is 0 Å². The van der Waals surface area contributed by atoms with Crippen LogP contribution in [-0.4, -0.2) is 26.7 Å². The van der Waals surface area contributed by atoms with E-state index in [9.17, 15) is 0 Å². The third-order valence-electron chi connectivity index (χ3n) is 3.64. The maximum Gasteiger partial charge on any atom is 0.0369 e. The molecule has 1 aromatic rings. The molecule has 1 fully saturated rings. The minimum atomic E-state index is 0. The van der Waals surface area contributed by atoms with Gasteiger partial charge in [0.1, 0.15) is 0 Å². The Balaban J connectivity index is 0.00000162. The lowest BCUT2D eigenvalue weighted by Crippen LogP contribution is -2.34. The highest BCUT2D eigenvalue weighted by Crippen LogP contribution is 2.21. The molecule has 1 aromatic carbocycles. The summed E-state index contributed by atoms with van der Waals surface area (Å²) in [5.74, 6) is 0.849. The number of piperidine rings is 1. The number of halogens is 1. The molecule has 0 bridgehead atoms. The second-order valence-corrected chi connectivity index (χ2v) is 5.42. The molecule has 0 amide bonds. The molecular formula is C15H25ClN2. The number of rotatable bonds is 3. The molecule has 0 saturated carbocycles. The number of aryl methyl sites for hydroxylation is 2. The predicted molar refractivity (Wildman–Crippen MR) is 82.0 cm³/mol. The normalized spacial score (nSPS) is 16.2. The van der Waals surface area contributed by atoms with Gasteiger partial charge in [0.2, 0.25) is 0 Å². The van der Waals surface area contributed by atoms with Gasteiger partial charge in [0.15, 0.2) is 0 Å². The van der Waals surface area contributed by atoms with Crippen LogP contribution in [0.25, 0.3) is 0 Å². The molecule has 0 unspecified atom stereocenters. The molecule has 102 valence electrons. The molecule has 2 nitrogen and oxygen atoms in total. The zero-order chi connectivity index (χ0) is 12.3. The van der Waals surface area contributed by atoms with Gasteiger partial charge in [-0.05, 0) is 69.0 Å². The number of nitrogens with one attached hydrogen (secondary N) is 1. The zero-order valence-corrected chi connectivity index (χ0v) is 12.5. The Morgan fingerprint density at radius 3 is 2.22 bits per heavy atom. The van der Waals surface area contributed by atoms with E-state index < -0.39 is 0 Å². The SMILES string of the molecule is Cc1cc(C)cc(N(C)CC2CCNCC2)c1.Cl. The number of nitrogens with zero attached hydrogens (tertiary/aromatic N) is 1. The van der Waals surface area contributed by atoms with Crippen LogP contribution < -0.4 is 10.2 Å². The van der Waals surface area contributed by atoms with Gasteiger partial charge in [-0.15, -0.1) is 12.4 Å². The van der Waals surface area contributed by atoms with Crippen molar-refractivity contribution in [3.63, 3.8) is 0 Å². The summed E-state index contributed by atoms with van der Waals surface area (Å²) in [4.78, 5) is 2.41. The first-order chi connectivity index (χ1) is 8.15. The molecule has 1 aliphatic heterocycles. The topological polar surface area (TPSA) is 15.3 Å². The van der Waals surface area contributed by atoms with E-state index in [1.165, 1.54) is 49.3 Å². The van der Waals surface area contributed by atoms with Crippen LogP contribution in [-0.2, 0) is 0 Å². The van der Waals surface area contributed by atoms with Crippen molar-refractivity contribution >= 4 is 18.1 Å². The van der Waals surface area contributed by atoms with Crippen molar-refractivity contribution in [1.29, 1.82) is 0 Å². The average Bonchev–Trinajstić information content (AvgIpc) is 2.29. The van der Waals surface area contributed by atoms with E-state index in [1.54, 1.807) is 0 Å². The zero-order valence-electron chi connectivity index (χ0n) is 11.7. The third kappa shape index (κ3) is 4.18. The van der Waals surface area contributed by atoms with Crippen molar-refractivity contribution in [2.75, 3.05) is 31.6 Å². The first kappa shape index (κ1) is 15.3. The van der Waals surface area contributed by atoms with Gasteiger partial charge in [-0.25, -0.2) is 0 Å². The Hall–Kier alpha value is -0.730. The first-order valence-corrected chi connectivity index (χ1v) is 6.65. The smallest absolute Gasteiger partial charge is 0.0369 e. The van der Waals surface area contributed by atoms with Gasteiger partial charge in [0.25, 0.3) is 0 Å². The lowest BCUT2D eigenvalue weighted by Gasteiger charge is -2.29. The highest BCUT2D eigenvalue weighted by molar-refractivity contribution is 5.85. The second-order valence-electron chi connectivity index (χ2n) is 5.42. The fourth-order valence-corrected chi connectivity index (χ4v) is 2.73.